The van der Waals surface area contributed by atoms with E-state index >= 15 is 0 Å². The van der Waals surface area contributed by atoms with Crippen molar-refractivity contribution >= 4 is 25.6 Å². The largest absolute Gasteiger partial charge is 0.295 e. The van der Waals surface area contributed by atoms with Crippen molar-refractivity contribution in [2.75, 3.05) is 19.3 Å². The molecule has 2 rings (SSSR count). The van der Waals surface area contributed by atoms with Crippen molar-refractivity contribution in [3.8, 4) is 0 Å². The Morgan fingerprint density at radius 3 is 2.43 bits per heavy atom. The van der Waals surface area contributed by atoms with Crippen LogP contribution in [0.3, 0.4) is 0 Å². The third-order valence-electron chi connectivity index (χ3n) is 3.59. The van der Waals surface area contributed by atoms with Crippen LogP contribution in [0.15, 0.2) is 29.2 Å². The molecule has 116 valence electrons. The average molecular weight is 331 g/mol. The topological polar surface area (TPSA) is 88.6 Å². The van der Waals surface area contributed by atoms with Gasteiger partial charge in [-0.2, -0.15) is 4.31 Å². The van der Waals surface area contributed by atoms with Gasteiger partial charge >= 0.3 is 0 Å². The van der Waals surface area contributed by atoms with Crippen LogP contribution >= 0.6 is 0 Å². The molecule has 0 radical (unpaired) electrons. The molecule has 21 heavy (non-hydrogen) atoms. The van der Waals surface area contributed by atoms with E-state index in [1.807, 2.05) is 0 Å². The number of hydrogen-bond donors (Lipinski definition) is 0. The third-order valence-corrected chi connectivity index (χ3v) is 7.05. The molecule has 1 fully saturated rings. The predicted octanol–water partition coefficient (Wildman–Crippen LogP) is 0.697. The van der Waals surface area contributed by atoms with Gasteiger partial charge in [0.15, 0.2) is 15.6 Å². The Morgan fingerprint density at radius 1 is 1.24 bits per heavy atom. The van der Waals surface area contributed by atoms with Gasteiger partial charge in [-0.15, -0.1) is 0 Å². The van der Waals surface area contributed by atoms with Crippen LogP contribution in [-0.2, 0) is 19.9 Å². The van der Waals surface area contributed by atoms with Crippen molar-refractivity contribution in [1.82, 2.24) is 4.31 Å². The monoisotopic (exact) mass is 331 g/mol. The number of carbonyl (C=O) groups excluding carboxylic acids is 1. The summed E-state index contributed by atoms with van der Waals surface area (Å²) in [6, 6.07) is 5.79. The first kappa shape index (κ1) is 16.1. The van der Waals surface area contributed by atoms with Crippen molar-refractivity contribution in [3.63, 3.8) is 0 Å². The maximum Gasteiger partial charge on any atom is 0.243 e. The van der Waals surface area contributed by atoms with Crippen molar-refractivity contribution in [1.29, 1.82) is 0 Å². The Bertz CT molecular complexity index is 768. The first-order valence-corrected chi connectivity index (χ1v) is 9.82. The molecule has 6 nitrogen and oxygen atoms in total. The summed E-state index contributed by atoms with van der Waals surface area (Å²) in [7, 11) is -7.03. The number of ketones is 1. The van der Waals surface area contributed by atoms with Gasteiger partial charge < -0.3 is 0 Å². The zero-order chi connectivity index (χ0) is 15.8. The number of hydrogen-bond acceptors (Lipinski definition) is 5. The minimum absolute atomic E-state index is 0.0179. The van der Waals surface area contributed by atoms with Gasteiger partial charge in [0.1, 0.15) is 0 Å². The van der Waals surface area contributed by atoms with E-state index in [-0.39, 0.29) is 23.8 Å². The third kappa shape index (κ3) is 3.33. The Hall–Kier alpha value is -1.25. The van der Waals surface area contributed by atoms with Gasteiger partial charge in [0, 0.05) is 24.9 Å². The molecule has 0 bridgehead atoms. The van der Waals surface area contributed by atoms with Crippen molar-refractivity contribution < 1.29 is 21.6 Å². The second kappa shape index (κ2) is 5.51. The molecule has 1 aliphatic heterocycles. The highest BCUT2D eigenvalue weighted by atomic mass is 32.2. The minimum Gasteiger partial charge on any atom is -0.295 e. The molecule has 1 aromatic rings. The molecule has 0 N–H and O–H groups in total. The summed E-state index contributed by atoms with van der Waals surface area (Å²) in [4.78, 5) is 11.4. The highest BCUT2D eigenvalue weighted by molar-refractivity contribution is 7.91. The molecule has 1 saturated heterocycles. The normalized spacial score (nSPS) is 20.6. The van der Waals surface area contributed by atoms with Crippen molar-refractivity contribution in [3.05, 3.63) is 29.8 Å². The van der Waals surface area contributed by atoms with E-state index in [9.17, 15) is 21.6 Å². The van der Waals surface area contributed by atoms with Gasteiger partial charge in [-0.1, -0.05) is 12.1 Å². The Morgan fingerprint density at radius 2 is 1.90 bits per heavy atom. The maximum absolute atomic E-state index is 12.5. The standard InChI is InChI=1S/C13H17NO5S2/c1-10(15)11-4-3-5-12(8-11)21(18,19)14-7-6-13(9-14)20(2,16)17/h3-5,8,13H,6-7,9H2,1-2H3. The number of carbonyl (C=O) groups is 1. The molecule has 0 spiro atoms. The van der Waals surface area contributed by atoms with Gasteiger partial charge in [0.05, 0.1) is 10.1 Å². The summed E-state index contributed by atoms with van der Waals surface area (Å²) >= 11 is 0. The lowest BCUT2D eigenvalue weighted by Crippen LogP contribution is -2.31. The molecule has 0 saturated carbocycles. The van der Waals surface area contributed by atoms with Gasteiger partial charge in [-0.3, -0.25) is 4.79 Å². The van der Waals surface area contributed by atoms with E-state index in [0.29, 0.717) is 12.0 Å². The molecular weight excluding hydrogens is 314 g/mol. The summed E-state index contributed by atoms with van der Waals surface area (Å²) in [5, 5.41) is -0.664. The molecule has 1 heterocycles. The number of rotatable bonds is 4. The smallest absolute Gasteiger partial charge is 0.243 e. The second-order valence-electron chi connectivity index (χ2n) is 5.19. The summed E-state index contributed by atoms with van der Waals surface area (Å²) < 4.78 is 49.2. The molecule has 0 aliphatic carbocycles. The summed E-state index contributed by atoms with van der Waals surface area (Å²) in [5.74, 6) is -0.220. The summed E-state index contributed by atoms with van der Waals surface area (Å²) in [6.07, 6.45) is 1.41. The fourth-order valence-electron chi connectivity index (χ4n) is 2.29. The number of sulfonamides is 1. The molecular formula is C13H17NO5S2. The average Bonchev–Trinajstić information content (AvgIpc) is 2.89. The molecule has 0 amide bonds. The van der Waals surface area contributed by atoms with Crippen LogP contribution in [0.2, 0.25) is 0 Å². The van der Waals surface area contributed by atoms with Crippen LogP contribution in [-0.4, -0.2) is 51.5 Å². The van der Waals surface area contributed by atoms with E-state index in [2.05, 4.69) is 0 Å². The molecule has 1 unspecified atom stereocenters. The van der Waals surface area contributed by atoms with Gasteiger partial charge in [0.2, 0.25) is 10.0 Å². The van der Waals surface area contributed by atoms with E-state index in [1.165, 1.54) is 25.1 Å². The Balaban J connectivity index is 2.32. The maximum atomic E-state index is 12.5. The first-order valence-electron chi connectivity index (χ1n) is 6.42. The lowest BCUT2D eigenvalue weighted by Gasteiger charge is -2.16. The Labute approximate surface area is 124 Å². The molecule has 1 atom stereocenters. The highest BCUT2D eigenvalue weighted by Crippen LogP contribution is 2.24. The van der Waals surface area contributed by atoms with Gasteiger partial charge in [-0.25, -0.2) is 16.8 Å². The van der Waals surface area contributed by atoms with Crippen LogP contribution in [0.1, 0.15) is 23.7 Å². The fourth-order valence-corrected chi connectivity index (χ4v) is 4.92. The molecule has 0 aromatic heterocycles. The van der Waals surface area contributed by atoms with E-state index in [0.717, 1.165) is 10.6 Å². The summed E-state index contributed by atoms with van der Waals surface area (Å²) in [6.45, 7) is 1.50. The van der Waals surface area contributed by atoms with Gasteiger partial charge in [-0.05, 0) is 25.5 Å². The van der Waals surface area contributed by atoms with Crippen LogP contribution in [0, 0.1) is 0 Å². The minimum atomic E-state index is -3.77. The highest BCUT2D eigenvalue weighted by Gasteiger charge is 2.37. The molecule has 8 heteroatoms. The fraction of sp³-hybridized carbons (Fsp3) is 0.462. The van der Waals surface area contributed by atoms with Crippen LogP contribution in [0.4, 0.5) is 0 Å². The van der Waals surface area contributed by atoms with Crippen molar-refractivity contribution in [2.24, 2.45) is 0 Å². The SMILES string of the molecule is CC(=O)c1cccc(S(=O)(=O)N2CCC(S(C)(=O)=O)C2)c1. The zero-order valence-corrected chi connectivity index (χ0v) is 13.4. The van der Waals surface area contributed by atoms with E-state index < -0.39 is 25.1 Å². The molecule has 1 aliphatic rings. The summed E-state index contributed by atoms with van der Waals surface area (Å²) in [5.41, 5.74) is 0.315. The van der Waals surface area contributed by atoms with E-state index in [1.54, 1.807) is 6.07 Å². The first-order chi connectivity index (χ1) is 9.62. The quantitative estimate of drug-likeness (QED) is 0.758. The van der Waals surface area contributed by atoms with Crippen LogP contribution in [0.25, 0.3) is 0 Å². The van der Waals surface area contributed by atoms with Crippen LogP contribution < -0.4 is 0 Å². The number of benzene rings is 1. The van der Waals surface area contributed by atoms with Gasteiger partial charge in [0.25, 0.3) is 0 Å². The molecule has 1 aromatic carbocycles. The van der Waals surface area contributed by atoms with E-state index in [4.69, 9.17) is 0 Å². The second-order valence-corrected chi connectivity index (χ2v) is 9.45. The number of sulfone groups is 1. The Kier molecular flexibility index (Phi) is 4.23. The van der Waals surface area contributed by atoms with Crippen LogP contribution in [0.5, 0.6) is 0 Å². The predicted molar refractivity (Wildman–Crippen MR) is 78.5 cm³/mol. The lowest BCUT2D eigenvalue weighted by atomic mass is 10.2. The lowest BCUT2D eigenvalue weighted by molar-refractivity contribution is 0.101. The van der Waals surface area contributed by atoms with Crippen molar-refractivity contribution in [2.45, 2.75) is 23.5 Å². The zero-order valence-electron chi connectivity index (χ0n) is 11.8. The number of nitrogens with zero attached hydrogens (tertiary/aromatic N) is 1. The number of Topliss-reactive ketones (excluding diaryl/α,β-unsaturated/α-hetero) is 1.